The Morgan fingerprint density at radius 2 is 1.55 bits per heavy atom. The van der Waals surface area contributed by atoms with Crippen LogP contribution >= 0.6 is 0 Å². The van der Waals surface area contributed by atoms with Crippen molar-refractivity contribution in [1.82, 2.24) is 10.6 Å². The first kappa shape index (κ1) is 14.1. The second kappa shape index (κ2) is 4.88. The van der Waals surface area contributed by atoms with Gasteiger partial charge in [0.25, 0.3) is 0 Å². The molecule has 0 radical (unpaired) electrons. The van der Waals surface area contributed by atoms with Crippen molar-refractivity contribution in [3.05, 3.63) is 0 Å². The van der Waals surface area contributed by atoms with Gasteiger partial charge in [0.1, 0.15) is 0 Å². The average Bonchev–Trinajstić information content (AvgIpc) is 2.36. The van der Waals surface area contributed by atoms with Gasteiger partial charge in [0.15, 0.2) is 0 Å². The van der Waals surface area contributed by atoms with Crippen LogP contribution in [0.3, 0.4) is 0 Å². The van der Waals surface area contributed by atoms with Crippen molar-refractivity contribution in [2.45, 2.75) is 56.5 Å². The molecule has 5 nitrogen and oxygen atoms in total. The molecule has 4 saturated carbocycles. The molecule has 4 fully saturated rings. The van der Waals surface area contributed by atoms with Crippen molar-refractivity contribution in [3.63, 3.8) is 0 Å². The molecule has 5 heteroatoms. The molecule has 20 heavy (non-hydrogen) atoms. The Hall–Kier alpha value is -0.810. The zero-order valence-electron chi connectivity index (χ0n) is 12.2. The Morgan fingerprint density at radius 1 is 1.10 bits per heavy atom. The fraction of sp³-hybridized carbons (Fsp3) is 0.933. The summed E-state index contributed by atoms with van der Waals surface area (Å²) in [5, 5.41) is 24.4. The monoisotopic (exact) mass is 282 g/mol. The third-order valence-electron chi connectivity index (χ3n) is 5.53. The Morgan fingerprint density at radius 3 is 1.95 bits per heavy atom. The van der Waals surface area contributed by atoms with Crippen molar-refractivity contribution in [2.75, 3.05) is 13.2 Å². The van der Waals surface area contributed by atoms with E-state index in [0.29, 0.717) is 0 Å². The Kier molecular flexibility index (Phi) is 3.45. The van der Waals surface area contributed by atoms with E-state index in [1.165, 1.54) is 19.3 Å². The van der Waals surface area contributed by atoms with E-state index in [-0.39, 0.29) is 24.8 Å². The molecule has 4 rings (SSSR count). The van der Waals surface area contributed by atoms with Crippen LogP contribution in [0, 0.1) is 17.8 Å². The zero-order chi connectivity index (χ0) is 14.4. The number of nitrogens with one attached hydrogen (secondary N) is 2. The second-order valence-electron chi connectivity index (χ2n) is 7.65. The van der Waals surface area contributed by atoms with Gasteiger partial charge in [-0.3, -0.25) is 0 Å². The molecule has 0 aromatic carbocycles. The average molecular weight is 282 g/mol. The van der Waals surface area contributed by atoms with Gasteiger partial charge in [-0.1, -0.05) is 0 Å². The summed E-state index contributed by atoms with van der Waals surface area (Å²) in [6, 6.07) is -0.252. The van der Waals surface area contributed by atoms with E-state index in [0.717, 1.165) is 37.0 Å². The highest BCUT2D eigenvalue weighted by Gasteiger charge is 2.51. The van der Waals surface area contributed by atoms with Crippen LogP contribution < -0.4 is 10.6 Å². The number of hydrogen-bond acceptors (Lipinski definition) is 3. The van der Waals surface area contributed by atoms with Crippen molar-refractivity contribution in [1.29, 1.82) is 0 Å². The molecule has 114 valence electrons. The summed E-state index contributed by atoms with van der Waals surface area (Å²) >= 11 is 0. The minimum Gasteiger partial charge on any atom is -0.394 e. The van der Waals surface area contributed by atoms with Gasteiger partial charge < -0.3 is 20.8 Å². The predicted octanol–water partition coefficient (Wildman–Crippen LogP) is 0.998. The summed E-state index contributed by atoms with van der Waals surface area (Å²) in [7, 11) is 0. The van der Waals surface area contributed by atoms with Gasteiger partial charge in [-0.25, -0.2) is 4.79 Å². The van der Waals surface area contributed by atoms with Crippen molar-refractivity contribution >= 4 is 6.03 Å². The van der Waals surface area contributed by atoms with Gasteiger partial charge in [-0.2, -0.15) is 0 Å². The van der Waals surface area contributed by atoms with E-state index in [2.05, 4.69) is 10.6 Å². The van der Waals surface area contributed by atoms with E-state index < -0.39 is 5.54 Å². The molecule has 0 saturated heterocycles. The van der Waals surface area contributed by atoms with Crippen molar-refractivity contribution in [3.8, 4) is 0 Å². The maximum Gasteiger partial charge on any atom is 0.315 e. The SMILES string of the molecule is CC(CO)(CO)NC(=O)NC12CC3CC(CC(C3)C1)C2. The summed E-state index contributed by atoms with van der Waals surface area (Å²) in [4.78, 5) is 12.2. The highest BCUT2D eigenvalue weighted by Crippen LogP contribution is 2.55. The number of urea groups is 1. The maximum absolute atomic E-state index is 12.2. The van der Waals surface area contributed by atoms with E-state index in [1.807, 2.05) is 0 Å². The minimum atomic E-state index is -0.952. The highest BCUT2D eigenvalue weighted by atomic mass is 16.3. The summed E-state index contributed by atoms with van der Waals surface area (Å²) in [5.74, 6) is 2.34. The van der Waals surface area contributed by atoms with E-state index in [4.69, 9.17) is 0 Å². The highest BCUT2D eigenvalue weighted by molar-refractivity contribution is 5.75. The van der Waals surface area contributed by atoms with Crippen LogP contribution in [0.5, 0.6) is 0 Å². The standard InChI is InChI=1S/C15H26N2O3/c1-14(8-18,9-19)16-13(20)17-15-5-10-2-11(6-15)4-12(3-10)7-15/h10-12,18-19H,2-9H2,1H3,(H2,16,17,20). The first-order valence-electron chi connectivity index (χ1n) is 7.78. The number of carbonyl (C=O) groups excluding carboxylic acids is 1. The lowest BCUT2D eigenvalue weighted by molar-refractivity contribution is -0.0145. The molecule has 0 spiro atoms. The van der Waals surface area contributed by atoms with Crippen molar-refractivity contribution < 1.29 is 15.0 Å². The lowest BCUT2D eigenvalue weighted by Crippen LogP contribution is -2.64. The summed E-state index contributed by atoms with van der Waals surface area (Å²) < 4.78 is 0. The smallest absolute Gasteiger partial charge is 0.315 e. The Balaban J connectivity index is 1.64. The number of carbonyl (C=O) groups is 1. The second-order valence-corrected chi connectivity index (χ2v) is 7.65. The normalized spacial score (nSPS) is 38.9. The summed E-state index contributed by atoms with van der Waals surface area (Å²) in [5.41, 5.74) is -0.989. The van der Waals surface area contributed by atoms with Crippen LogP contribution in [0.15, 0.2) is 0 Å². The topological polar surface area (TPSA) is 81.6 Å². The number of amides is 2. The minimum absolute atomic E-state index is 0.0370. The van der Waals surface area contributed by atoms with Crippen LogP contribution in [0.4, 0.5) is 4.79 Å². The number of hydrogen-bond donors (Lipinski definition) is 4. The maximum atomic E-state index is 12.2. The first-order valence-corrected chi connectivity index (χ1v) is 7.78. The van der Waals surface area contributed by atoms with Gasteiger partial charge in [0, 0.05) is 5.54 Å². The van der Waals surface area contributed by atoms with Crippen LogP contribution in [0.2, 0.25) is 0 Å². The Labute approximate surface area is 120 Å². The van der Waals surface area contributed by atoms with Gasteiger partial charge in [-0.05, 0) is 63.2 Å². The quantitative estimate of drug-likeness (QED) is 0.621. The van der Waals surface area contributed by atoms with E-state index in [9.17, 15) is 15.0 Å². The molecule has 0 aromatic rings. The van der Waals surface area contributed by atoms with Crippen LogP contribution in [0.1, 0.15) is 45.4 Å². The molecular weight excluding hydrogens is 256 g/mol. The third-order valence-corrected chi connectivity index (χ3v) is 5.53. The lowest BCUT2D eigenvalue weighted by Gasteiger charge is -2.56. The molecule has 0 aromatic heterocycles. The molecule has 0 unspecified atom stereocenters. The van der Waals surface area contributed by atoms with E-state index >= 15 is 0 Å². The van der Waals surface area contributed by atoms with Crippen LogP contribution in [-0.2, 0) is 0 Å². The molecular formula is C15H26N2O3. The molecule has 0 aliphatic heterocycles. The fourth-order valence-electron chi connectivity index (χ4n) is 4.94. The third kappa shape index (κ3) is 2.53. The van der Waals surface area contributed by atoms with Gasteiger partial charge in [0.2, 0.25) is 0 Å². The molecule has 4 aliphatic carbocycles. The molecule has 4 N–H and O–H groups in total. The molecule has 0 atom stereocenters. The van der Waals surface area contributed by atoms with E-state index in [1.54, 1.807) is 6.92 Å². The molecule has 2 amide bonds. The largest absolute Gasteiger partial charge is 0.394 e. The van der Waals surface area contributed by atoms with Crippen molar-refractivity contribution in [2.24, 2.45) is 17.8 Å². The Bertz CT molecular complexity index is 357. The molecule has 4 bridgehead atoms. The molecule has 4 aliphatic rings. The fourth-order valence-corrected chi connectivity index (χ4v) is 4.94. The van der Waals surface area contributed by atoms with Gasteiger partial charge in [-0.15, -0.1) is 0 Å². The molecule has 0 heterocycles. The summed E-state index contributed by atoms with van der Waals surface area (Å²) in [6.07, 6.45) is 7.32. The zero-order valence-corrected chi connectivity index (χ0v) is 12.2. The summed E-state index contributed by atoms with van der Waals surface area (Å²) in [6.45, 7) is 1.11. The number of rotatable bonds is 4. The predicted molar refractivity (Wildman–Crippen MR) is 75.1 cm³/mol. The van der Waals surface area contributed by atoms with Crippen LogP contribution in [0.25, 0.3) is 0 Å². The lowest BCUT2D eigenvalue weighted by atomic mass is 9.53. The van der Waals surface area contributed by atoms with Gasteiger partial charge in [0.05, 0.1) is 18.8 Å². The van der Waals surface area contributed by atoms with Crippen LogP contribution in [-0.4, -0.2) is 40.5 Å². The number of aliphatic hydroxyl groups excluding tert-OH is 2. The number of aliphatic hydroxyl groups is 2. The first-order chi connectivity index (χ1) is 9.46. The van der Waals surface area contributed by atoms with Gasteiger partial charge >= 0.3 is 6.03 Å².